The van der Waals surface area contributed by atoms with Gasteiger partial charge in [-0.25, -0.2) is 8.78 Å². The number of nitrogens with zero attached hydrogens (tertiary/aromatic N) is 4. The minimum absolute atomic E-state index is 0.0875. The van der Waals surface area contributed by atoms with Crippen LogP contribution in [0.25, 0.3) is 0 Å². The third-order valence-corrected chi connectivity index (χ3v) is 4.80. The molecule has 0 amide bonds. The van der Waals surface area contributed by atoms with Crippen LogP contribution in [0.4, 0.5) is 26.4 Å². The Morgan fingerprint density at radius 2 is 1.86 bits per heavy atom. The zero-order chi connectivity index (χ0) is 21.0. The fraction of sp³-hybridized carbons (Fsp3) is 0.286. The number of hydrogen-bond donors (Lipinski definition) is 2. The van der Waals surface area contributed by atoms with Crippen LogP contribution >= 0.6 is 0 Å². The van der Waals surface area contributed by atoms with Crippen LogP contribution in [0.1, 0.15) is 36.8 Å². The largest absolute Gasteiger partial charge is 0.368 e. The van der Waals surface area contributed by atoms with Crippen LogP contribution in [-0.4, -0.2) is 26.9 Å². The predicted octanol–water partition coefficient (Wildman–Crippen LogP) is 4.23. The molecular formula is C21H24F2N6. The highest BCUT2D eigenvalue weighted by Crippen LogP contribution is 2.24. The first-order valence-corrected chi connectivity index (χ1v) is 9.38. The molecule has 0 spiro atoms. The predicted molar refractivity (Wildman–Crippen MR) is 110 cm³/mol. The Hall–Kier alpha value is -3.13. The third-order valence-electron chi connectivity index (χ3n) is 4.80. The third kappa shape index (κ3) is 5.03. The van der Waals surface area contributed by atoms with E-state index in [2.05, 4.69) is 27.2 Å². The monoisotopic (exact) mass is 398 g/mol. The van der Waals surface area contributed by atoms with E-state index in [0.29, 0.717) is 11.8 Å². The Labute approximate surface area is 168 Å². The lowest BCUT2D eigenvalue weighted by molar-refractivity contribution is 0.241. The summed E-state index contributed by atoms with van der Waals surface area (Å²) in [7, 11) is 1.79. The van der Waals surface area contributed by atoms with Gasteiger partial charge in [0.2, 0.25) is 11.9 Å². The molecular weight excluding hydrogens is 374 g/mol. The van der Waals surface area contributed by atoms with Gasteiger partial charge in [-0.15, -0.1) is 0 Å². The number of nitrogens with two attached hydrogens (primary N) is 1. The summed E-state index contributed by atoms with van der Waals surface area (Å²) in [6, 6.07) is 10.9. The molecule has 2 aromatic carbocycles. The molecule has 3 aromatic rings. The molecule has 152 valence electrons. The molecule has 8 heteroatoms. The van der Waals surface area contributed by atoms with Gasteiger partial charge in [0, 0.05) is 17.3 Å². The normalized spacial score (nSPS) is 12.2. The number of anilines is 3. The van der Waals surface area contributed by atoms with Crippen LogP contribution in [0.5, 0.6) is 0 Å². The molecule has 29 heavy (non-hydrogen) atoms. The van der Waals surface area contributed by atoms with E-state index in [0.717, 1.165) is 29.8 Å². The van der Waals surface area contributed by atoms with E-state index < -0.39 is 11.6 Å². The van der Waals surface area contributed by atoms with Crippen LogP contribution < -0.4 is 11.1 Å². The first kappa shape index (κ1) is 20.6. The van der Waals surface area contributed by atoms with Crippen molar-refractivity contribution in [2.75, 3.05) is 18.1 Å². The van der Waals surface area contributed by atoms with E-state index in [9.17, 15) is 8.78 Å². The Morgan fingerprint density at radius 3 is 2.62 bits per heavy atom. The van der Waals surface area contributed by atoms with Gasteiger partial charge in [0.25, 0.3) is 0 Å². The molecule has 3 N–H and O–H groups in total. The average molecular weight is 398 g/mol. The smallest absolute Gasteiger partial charge is 0.232 e. The summed E-state index contributed by atoms with van der Waals surface area (Å²) in [5.74, 6) is -0.0810. The van der Waals surface area contributed by atoms with E-state index >= 15 is 0 Å². The first-order chi connectivity index (χ1) is 13.9. The number of halogens is 2. The Morgan fingerprint density at radius 1 is 1.10 bits per heavy atom. The highest BCUT2D eigenvalue weighted by atomic mass is 19.1. The molecule has 0 bridgehead atoms. The summed E-state index contributed by atoms with van der Waals surface area (Å²) in [5, 5.41) is 3.19. The highest BCUT2D eigenvalue weighted by molar-refractivity contribution is 5.58. The number of nitrogen functional groups attached to an aromatic ring is 1. The Bertz CT molecular complexity index is 995. The number of aromatic nitrogens is 3. The van der Waals surface area contributed by atoms with Gasteiger partial charge in [0.05, 0.1) is 6.54 Å². The maximum Gasteiger partial charge on any atom is 0.232 e. The highest BCUT2D eigenvalue weighted by Gasteiger charge is 2.18. The van der Waals surface area contributed by atoms with Crippen molar-refractivity contribution in [1.82, 2.24) is 19.9 Å². The van der Waals surface area contributed by atoms with Gasteiger partial charge in [-0.2, -0.15) is 15.0 Å². The van der Waals surface area contributed by atoms with Crippen LogP contribution in [0, 0.1) is 11.6 Å². The molecule has 0 saturated heterocycles. The lowest BCUT2D eigenvalue weighted by Gasteiger charge is -2.25. The van der Waals surface area contributed by atoms with E-state index in [1.54, 1.807) is 14.0 Å². The molecule has 6 nitrogen and oxygen atoms in total. The SMILES string of the molecule is CCc1ccccc1Nc1nc(N)nc(CN(C)C(C)c2cc(F)ccc2F)n1. The van der Waals surface area contributed by atoms with E-state index in [1.807, 2.05) is 29.2 Å². The van der Waals surface area contributed by atoms with Crippen molar-refractivity contribution >= 4 is 17.6 Å². The summed E-state index contributed by atoms with van der Waals surface area (Å²) >= 11 is 0. The lowest BCUT2D eigenvalue weighted by Crippen LogP contribution is -2.24. The molecule has 1 aromatic heterocycles. The van der Waals surface area contributed by atoms with Crippen LogP contribution in [0.15, 0.2) is 42.5 Å². The summed E-state index contributed by atoms with van der Waals surface area (Å²) in [6.45, 7) is 4.14. The maximum absolute atomic E-state index is 14.1. The standard InChI is InChI=1S/C21H24F2N6/c1-4-14-7-5-6-8-18(14)25-21-27-19(26-20(24)28-21)12-29(3)13(2)16-11-15(22)9-10-17(16)23/h5-11,13H,4,12H2,1-3H3,(H3,24,25,26,27,28). The maximum atomic E-state index is 14.1. The van der Waals surface area contributed by atoms with Crippen molar-refractivity contribution in [3.05, 3.63) is 71.1 Å². The van der Waals surface area contributed by atoms with Gasteiger partial charge >= 0.3 is 0 Å². The van der Waals surface area contributed by atoms with E-state index in [-0.39, 0.29) is 24.1 Å². The van der Waals surface area contributed by atoms with Crippen molar-refractivity contribution in [2.45, 2.75) is 32.9 Å². The lowest BCUT2D eigenvalue weighted by atomic mass is 10.1. The molecule has 1 unspecified atom stereocenters. The van der Waals surface area contributed by atoms with Gasteiger partial charge in [-0.3, -0.25) is 4.90 Å². The van der Waals surface area contributed by atoms with Gasteiger partial charge < -0.3 is 11.1 Å². The molecule has 0 saturated carbocycles. The second kappa shape index (κ2) is 8.91. The Balaban J connectivity index is 1.80. The van der Waals surface area contributed by atoms with Crippen LogP contribution in [0.3, 0.4) is 0 Å². The summed E-state index contributed by atoms with van der Waals surface area (Å²) in [6.07, 6.45) is 0.857. The number of nitrogens with one attached hydrogen (secondary N) is 1. The second-order valence-corrected chi connectivity index (χ2v) is 6.83. The quantitative estimate of drug-likeness (QED) is 0.620. The van der Waals surface area contributed by atoms with E-state index in [1.165, 1.54) is 6.07 Å². The molecule has 0 aliphatic rings. The van der Waals surface area contributed by atoms with E-state index in [4.69, 9.17) is 5.73 Å². The van der Waals surface area contributed by atoms with Crippen molar-refractivity contribution in [3.8, 4) is 0 Å². The molecule has 1 heterocycles. The van der Waals surface area contributed by atoms with Crippen LogP contribution in [-0.2, 0) is 13.0 Å². The van der Waals surface area contributed by atoms with Crippen molar-refractivity contribution in [1.29, 1.82) is 0 Å². The summed E-state index contributed by atoms with van der Waals surface area (Å²) in [5.41, 5.74) is 8.15. The number of para-hydroxylation sites is 1. The van der Waals surface area contributed by atoms with Crippen molar-refractivity contribution in [3.63, 3.8) is 0 Å². The first-order valence-electron chi connectivity index (χ1n) is 9.38. The minimum Gasteiger partial charge on any atom is -0.368 e. The number of rotatable bonds is 7. The van der Waals surface area contributed by atoms with Crippen molar-refractivity contribution < 1.29 is 8.78 Å². The molecule has 0 aliphatic carbocycles. The van der Waals surface area contributed by atoms with Gasteiger partial charge in [-0.1, -0.05) is 25.1 Å². The zero-order valence-electron chi connectivity index (χ0n) is 16.7. The molecule has 0 aliphatic heterocycles. The van der Waals surface area contributed by atoms with Gasteiger partial charge in [-0.05, 0) is 50.2 Å². The fourth-order valence-corrected chi connectivity index (χ4v) is 3.07. The summed E-state index contributed by atoms with van der Waals surface area (Å²) < 4.78 is 27.6. The zero-order valence-corrected chi connectivity index (χ0v) is 16.7. The van der Waals surface area contributed by atoms with Gasteiger partial charge in [0.15, 0.2) is 0 Å². The minimum atomic E-state index is -0.480. The van der Waals surface area contributed by atoms with Crippen molar-refractivity contribution in [2.24, 2.45) is 0 Å². The summed E-state index contributed by atoms with van der Waals surface area (Å²) in [4.78, 5) is 14.6. The molecule has 0 fully saturated rings. The number of benzene rings is 2. The molecule has 3 rings (SSSR count). The molecule has 0 radical (unpaired) electrons. The Kier molecular flexibility index (Phi) is 6.33. The van der Waals surface area contributed by atoms with Gasteiger partial charge in [0.1, 0.15) is 17.5 Å². The second-order valence-electron chi connectivity index (χ2n) is 6.83. The molecule has 1 atom stereocenters. The average Bonchev–Trinajstić information content (AvgIpc) is 2.69. The topological polar surface area (TPSA) is 80.0 Å². The van der Waals surface area contributed by atoms with Crippen LogP contribution in [0.2, 0.25) is 0 Å². The number of hydrogen-bond acceptors (Lipinski definition) is 6. The fourth-order valence-electron chi connectivity index (χ4n) is 3.07. The number of aryl methyl sites for hydroxylation is 1.